The summed E-state index contributed by atoms with van der Waals surface area (Å²) in [5, 5.41) is 0. The molecule has 2 unspecified atom stereocenters. The summed E-state index contributed by atoms with van der Waals surface area (Å²) >= 11 is 13.6. The quantitative estimate of drug-likeness (QED) is 0.398. The van der Waals surface area contributed by atoms with E-state index < -0.39 is 22.7 Å². The van der Waals surface area contributed by atoms with Crippen molar-refractivity contribution in [2.45, 2.75) is 17.8 Å². The summed E-state index contributed by atoms with van der Waals surface area (Å²) in [5.74, 6) is -1.16. The largest absolute Gasteiger partial charge is 0.274 e. The molecule has 4 aliphatic rings. The lowest BCUT2D eigenvalue weighted by molar-refractivity contribution is -0.124. The molecule has 1 fully saturated rings. The fourth-order valence-corrected chi connectivity index (χ4v) is 7.56. The van der Waals surface area contributed by atoms with Crippen LogP contribution in [-0.4, -0.2) is 23.6 Å². The lowest BCUT2D eigenvalue weighted by Crippen LogP contribution is -2.62. The molecule has 2 amide bonds. The van der Waals surface area contributed by atoms with E-state index >= 15 is 0 Å². The number of benzene rings is 3. The Hall–Kier alpha value is -2.62. The summed E-state index contributed by atoms with van der Waals surface area (Å²) in [6.07, 6.45) is 0. The van der Waals surface area contributed by atoms with Crippen LogP contribution in [0.5, 0.6) is 0 Å². The van der Waals surface area contributed by atoms with Crippen LogP contribution in [0.3, 0.4) is 0 Å². The molecule has 7 rings (SSSR count). The first-order chi connectivity index (χ1) is 15.5. The topological polar surface area (TPSA) is 37.4 Å². The minimum Gasteiger partial charge on any atom is -0.274 e. The van der Waals surface area contributed by atoms with Gasteiger partial charge in [-0.2, -0.15) is 0 Å². The van der Waals surface area contributed by atoms with E-state index in [4.69, 9.17) is 23.2 Å². The lowest BCUT2D eigenvalue weighted by Gasteiger charge is -2.59. The maximum atomic E-state index is 14.1. The SMILES string of the molecule is Cc1ccccc1N1C(=O)C2C(C1=O)C1(CCl)c3ccccc3C2(CCl)c2ccccc21. The van der Waals surface area contributed by atoms with Crippen LogP contribution in [-0.2, 0) is 20.4 Å². The molecule has 3 aliphatic carbocycles. The Kier molecular flexibility index (Phi) is 4.19. The van der Waals surface area contributed by atoms with Gasteiger partial charge in [-0.05, 0) is 40.8 Å². The van der Waals surface area contributed by atoms with Crippen molar-refractivity contribution in [2.75, 3.05) is 16.7 Å². The smallest absolute Gasteiger partial charge is 0.239 e. The Bertz CT molecular complexity index is 1180. The van der Waals surface area contributed by atoms with Gasteiger partial charge < -0.3 is 0 Å². The summed E-state index contributed by atoms with van der Waals surface area (Å²) in [7, 11) is 0. The number of amides is 2. The van der Waals surface area contributed by atoms with Crippen molar-refractivity contribution in [1.29, 1.82) is 0 Å². The number of hydrogen-bond acceptors (Lipinski definition) is 2. The van der Waals surface area contributed by atoms with Gasteiger partial charge in [0.2, 0.25) is 11.8 Å². The molecule has 32 heavy (non-hydrogen) atoms. The van der Waals surface area contributed by atoms with Crippen molar-refractivity contribution in [1.82, 2.24) is 0 Å². The Morgan fingerprint density at radius 3 is 1.44 bits per heavy atom. The third-order valence-corrected chi connectivity index (χ3v) is 8.77. The average Bonchev–Trinajstić information content (AvgIpc) is 3.10. The number of rotatable bonds is 3. The zero-order valence-corrected chi connectivity index (χ0v) is 19.0. The van der Waals surface area contributed by atoms with Gasteiger partial charge in [-0.1, -0.05) is 66.7 Å². The van der Waals surface area contributed by atoms with Crippen LogP contribution in [0.2, 0.25) is 0 Å². The van der Waals surface area contributed by atoms with Gasteiger partial charge in [0.05, 0.1) is 17.5 Å². The van der Waals surface area contributed by atoms with Crippen LogP contribution in [0.1, 0.15) is 27.8 Å². The standard InChI is InChI=1S/C27H21Cl2NO2/c1-16-8-2-7-13-21(16)30-24(31)22-23(25(30)32)27(15-29)18-10-4-3-9-17(18)26(22,14-28)19-11-5-6-12-20(19)27/h2-13,22-23H,14-15H2,1H3. The Balaban J connectivity index is 1.72. The molecular formula is C27H21Cl2NO2. The van der Waals surface area contributed by atoms with Crippen LogP contribution in [0.15, 0.2) is 72.8 Å². The first-order valence-electron chi connectivity index (χ1n) is 10.8. The van der Waals surface area contributed by atoms with Crippen molar-refractivity contribution < 1.29 is 9.59 Å². The molecule has 3 nitrogen and oxygen atoms in total. The van der Waals surface area contributed by atoms with Gasteiger partial charge in [-0.3, -0.25) is 9.59 Å². The lowest BCUT2D eigenvalue weighted by atomic mass is 9.42. The molecule has 1 heterocycles. The second kappa shape index (κ2) is 6.69. The fourth-order valence-electron chi connectivity index (χ4n) is 6.65. The Morgan fingerprint density at radius 2 is 1.06 bits per heavy atom. The van der Waals surface area contributed by atoms with Gasteiger partial charge in [-0.25, -0.2) is 4.90 Å². The van der Waals surface area contributed by atoms with E-state index in [0.29, 0.717) is 5.69 Å². The molecule has 3 aromatic carbocycles. The number of alkyl halides is 2. The minimum absolute atomic E-state index is 0.187. The highest BCUT2D eigenvalue weighted by Crippen LogP contribution is 2.67. The second-order valence-electron chi connectivity index (χ2n) is 9.05. The molecule has 0 saturated carbocycles. The van der Waals surface area contributed by atoms with Crippen LogP contribution in [0.4, 0.5) is 5.69 Å². The maximum Gasteiger partial charge on any atom is 0.239 e. The molecule has 5 heteroatoms. The number of aryl methyl sites for hydroxylation is 1. The first-order valence-corrected chi connectivity index (χ1v) is 11.9. The van der Waals surface area contributed by atoms with Crippen molar-refractivity contribution >= 4 is 40.7 Å². The van der Waals surface area contributed by atoms with Gasteiger partial charge in [-0.15, -0.1) is 23.2 Å². The number of carbonyl (C=O) groups excluding carboxylic acids is 2. The summed E-state index contributed by atoms with van der Waals surface area (Å²) in [4.78, 5) is 29.7. The fraction of sp³-hybridized carbons (Fsp3) is 0.259. The number of hydrogen-bond donors (Lipinski definition) is 0. The molecule has 0 spiro atoms. The van der Waals surface area contributed by atoms with Crippen LogP contribution in [0, 0.1) is 18.8 Å². The first kappa shape index (κ1) is 20.0. The highest BCUT2D eigenvalue weighted by molar-refractivity contribution is 6.27. The third-order valence-electron chi connectivity index (χ3n) is 7.92. The van der Waals surface area contributed by atoms with Crippen LogP contribution in [0.25, 0.3) is 0 Å². The number of carbonyl (C=O) groups is 2. The van der Waals surface area contributed by atoms with E-state index in [0.717, 1.165) is 27.8 Å². The Labute approximate surface area is 197 Å². The molecule has 3 aromatic rings. The minimum atomic E-state index is -0.780. The van der Waals surface area contributed by atoms with E-state index in [1.807, 2.05) is 55.5 Å². The van der Waals surface area contributed by atoms with Crippen LogP contribution >= 0.6 is 23.2 Å². The normalized spacial score (nSPS) is 29.7. The highest BCUT2D eigenvalue weighted by atomic mass is 35.5. The number of nitrogens with zero attached hydrogens (tertiary/aromatic N) is 1. The van der Waals surface area contributed by atoms with Crippen molar-refractivity contribution in [3.05, 3.63) is 101 Å². The average molecular weight is 462 g/mol. The van der Waals surface area contributed by atoms with Crippen molar-refractivity contribution in [3.63, 3.8) is 0 Å². The zero-order chi connectivity index (χ0) is 22.3. The number of anilines is 1. The van der Waals surface area contributed by atoms with E-state index in [9.17, 15) is 9.59 Å². The monoisotopic (exact) mass is 461 g/mol. The van der Waals surface area contributed by atoms with Gasteiger partial charge in [0.1, 0.15) is 0 Å². The van der Waals surface area contributed by atoms with Gasteiger partial charge in [0, 0.05) is 22.6 Å². The second-order valence-corrected chi connectivity index (χ2v) is 9.59. The molecular weight excluding hydrogens is 441 g/mol. The highest BCUT2D eigenvalue weighted by Gasteiger charge is 2.73. The predicted molar refractivity (Wildman–Crippen MR) is 127 cm³/mol. The maximum absolute atomic E-state index is 14.1. The number of halogens is 2. The number of imide groups is 1. The molecule has 2 atom stereocenters. The van der Waals surface area contributed by atoms with Gasteiger partial charge in [0.15, 0.2) is 0 Å². The molecule has 1 aliphatic heterocycles. The Morgan fingerprint density at radius 1 is 0.688 bits per heavy atom. The summed E-state index contributed by atoms with van der Waals surface area (Å²) in [6.45, 7) is 1.92. The molecule has 0 radical (unpaired) electrons. The van der Waals surface area contributed by atoms with E-state index in [1.54, 1.807) is 0 Å². The molecule has 0 aromatic heterocycles. The molecule has 0 N–H and O–H groups in total. The molecule has 1 saturated heterocycles. The van der Waals surface area contributed by atoms with Crippen molar-refractivity contribution in [3.8, 4) is 0 Å². The summed E-state index contributed by atoms with van der Waals surface area (Å²) in [6, 6.07) is 23.7. The van der Waals surface area contributed by atoms with E-state index in [-0.39, 0.29) is 23.6 Å². The summed E-state index contributed by atoms with van der Waals surface area (Å²) in [5.41, 5.74) is 4.03. The van der Waals surface area contributed by atoms with Gasteiger partial charge in [0.25, 0.3) is 0 Å². The molecule has 2 bridgehead atoms. The molecule has 160 valence electrons. The number of para-hydroxylation sites is 1. The van der Waals surface area contributed by atoms with Crippen molar-refractivity contribution in [2.24, 2.45) is 11.8 Å². The van der Waals surface area contributed by atoms with Crippen LogP contribution < -0.4 is 4.90 Å². The summed E-state index contributed by atoms with van der Waals surface area (Å²) < 4.78 is 0. The third kappa shape index (κ3) is 2.05. The predicted octanol–water partition coefficient (Wildman–Crippen LogP) is 5.18. The zero-order valence-electron chi connectivity index (χ0n) is 17.5. The van der Waals surface area contributed by atoms with E-state index in [1.165, 1.54) is 4.90 Å². The van der Waals surface area contributed by atoms with Gasteiger partial charge >= 0.3 is 0 Å². The van der Waals surface area contributed by atoms with E-state index in [2.05, 4.69) is 24.3 Å².